The minimum atomic E-state index is -0.0115. The largest absolute Gasteiger partial charge is 0.393 e. The Morgan fingerprint density at radius 1 is 1.15 bits per heavy atom. The molecule has 0 radical (unpaired) electrons. The monoisotopic (exact) mass is 183 g/mol. The molecule has 2 rings (SSSR count). The van der Waals surface area contributed by atoms with E-state index in [0.29, 0.717) is 5.92 Å². The lowest BCUT2D eigenvalue weighted by Crippen LogP contribution is -2.41. The van der Waals surface area contributed by atoms with Crippen molar-refractivity contribution in [3.63, 3.8) is 0 Å². The fraction of sp³-hybridized carbons (Fsp3) is 1.00. The predicted molar refractivity (Wildman–Crippen MR) is 53.6 cm³/mol. The molecule has 0 aliphatic heterocycles. The van der Waals surface area contributed by atoms with Crippen LogP contribution in [-0.4, -0.2) is 35.7 Å². The molecule has 2 heteroatoms. The van der Waals surface area contributed by atoms with E-state index in [4.69, 9.17) is 0 Å². The van der Waals surface area contributed by atoms with E-state index in [1.165, 1.54) is 32.1 Å². The smallest absolute Gasteiger partial charge is 0.0580 e. The van der Waals surface area contributed by atoms with Crippen molar-refractivity contribution >= 4 is 0 Å². The van der Waals surface area contributed by atoms with Crippen molar-refractivity contribution < 1.29 is 5.11 Å². The van der Waals surface area contributed by atoms with Gasteiger partial charge in [0.2, 0.25) is 0 Å². The maximum Gasteiger partial charge on any atom is 0.0580 e. The van der Waals surface area contributed by atoms with Gasteiger partial charge in [-0.1, -0.05) is 12.8 Å². The molecule has 2 saturated carbocycles. The molecule has 0 heterocycles. The summed E-state index contributed by atoms with van der Waals surface area (Å²) in [5.41, 5.74) is 0. The van der Waals surface area contributed by atoms with Crippen LogP contribution in [0, 0.1) is 5.92 Å². The van der Waals surface area contributed by atoms with Crippen molar-refractivity contribution in [1.82, 2.24) is 4.90 Å². The Balaban J connectivity index is 1.75. The molecule has 0 aromatic heterocycles. The van der Waals surface area contributed by atoms with Crippen LogP contribution < -0.4 is 0 Å². The summed E-state index contributed by atoms with van der Waals surface area (Å²) < 4.78 is 0. The molecule has 76 valence electrons. The van der Waals surface area contributed by atoms with E-state index in [1.807, 2.05) is 0 Å². The Morgan fingerprint density at radius 2 is 1.85 bits per heavy atom. The van der Waals surface area contributed by atoms with Crippen molar-refractivity contribution in [1.29, 1.82) is 0 Å². The molecule has 0 amide bonds. The zero-order valence-corrected chi connectivity index (χ0v) is 8.58. The normalized spacial score (nSPS) is 35.3. The van der Waals surface area contributed by atoms with Crippen LogP contribution in [0.5, 0.6) is 0 Å². The number of aliphatic hydroxyl groups is 1. The molecule has 0 bridgehead atoms. The molecule has 1 N–H and O–H groups in total. The van der Waals surface area contributed by atoms with Crippen LogP contribution in [0.4, 0.5) is 0 Å². The first-order valence-corrected chi connectivity index (χ1v) is 5.65. The molecular formula is C11H21NO. The molecule has 2 unspecified atom stereocenters. The topological polar surface area (TPSA) is 23.5 Å². The standard InChI is InChI=1S/C11H21NO/c1-12(10-5-3-6-10)8-9-4-2-7-11(9)13/h9-11,13H,2-8H2,1H3. The summed E-state index contributed by atoms with van der Waals surface area (Å²) in [5.74, 6) is 0.561. The minimum absolute atomic E-state index is 0.0115. The summed E-state index contributed by atoms with van der Waals surface area (Å²) in [6.45, 7) is 1.12. The zero-order valence-electron chi connectivity index (χ0n) is 8.58. The maximum atomic E-state index is 9.68. The lowest BCUT2D eigenvalue weighted by Gasteiger charge is -2.36. The second kappa shape index (κ2) is 3.97. The molecule has 0 spiro atoms. The van der Waals surface area contributed by atoms with Crippen molar-refractivity contribution in [3.05, 3.63) is 0 Å². The lowest BCUT2D eigenvalue weighted by molar-refractivity contribution is 0.0781. The minimum Gasteiger partial charge on any atom is -0.393 e. The molecular weight excluding hydrogens is 162 g/mol. The third-order valence-corrected chi connectivity index (χ3v) is 3.84. The van der Waals surface area contributed by atoms with Gasteiger partial charge in [0.15, 0.2) is 0 Å². The zero-order chi connectivity index (χ0) is 9.26. The van der Waals surface area contributed by atoms with Crippen molar-refractivity contribution in [2.45, 2.75) is 50.7 Å². The average Bonchev–Trinajstić information content (AvgIpc) is 2.32. The van der Waals surface area contributed by atoms with Gasteiger partial charge in [0.05, 0.1) is 6.10 Å². The second-order valence-corrected chi connectivity index (χ2v) is 4.78. The summed E-state index contributed by atoms with van der Waals surface area (Å²) in [6, 6.07) is 0.827. The summed E-state index contributed by atoms with van der Waals surface area (Å²) in [5, 5.41) is 9.68. The van der Waals surface area contributed by atoms with E-state index in [0.717, 1.165) is 19.0 Å². The van der Waals surface area contributed by atoms with E-state index in [2.05, 4.69) is 11.9 Å². The SMILES string of the molecule is CN(CC1CCCC1O)C1CCC1. The molecule has 2 atom stereocenters. The van der Waals surface area contributed by atoms with Crippen molar-refractivity contribution in [2.75, 3.05) is 13.6 Å². The molecule has 0 aromatic carbocycles. The summed E-state index contributed by atoms with van der Waals surface area (Å²) in [4.78, 5) is 2.46. The van der Waals surface area contributed by atoms with Gasteiger partial charge in [0.25, 0.3) is 0 Å². The van der Waals surface area contributed by atoms with Crippen molar-refractivity contribution in [2.24, 2.45) is 5.92 Å². The van der Waals surface area contributed by atoms with Gasteiger partial charge in [0.1, 0.15) is 0 Å². The van der Waals surface area contributed by atoms with Crippen LogP contribution in [0.3, 0.4) is 0 Å². The predicted octanol–water partition coefficient (Wildman–Crippen LogP) is 1.63. The Bertz CT molecular complexity index is 167. The van der Waals surface area contributed by atoms with Crippen LogP contribution in [0.25, 0.3) is 0 Å². The van der Waals surface area contributed by atoms with Crippen LogP contribution in [-0.2, 0) is 0 Å². The Hall–Kier alpha value is -0.0800. The summed E-state index contributed by atoms with van der Waals surface area (Å²) in [7, 11) is 2.22. The number of rotatable bonds is 3. The van der Waals surface area contributed by atoms with Crippen molar-refractivity contribution in [3.8, 4) is 0 Å². The maximum absolute atomic E-state index is 9.68. The van der Waals surface area contributed by atoms with Crippen LogP contribution >= 0.6 is 0 Å². The quantitative estimate of drug-likeness (QED) is 0.719. The highest BCUT2D eigenvalue weighted by atomic mass is 16.3. The summed E-state index contributed by atoms with van der Waals surface area (Å²) >= 11 is 0. The first-order valence-electron chi connectivity index (χ1n) is 5.65. The fourth-order valence-corrected chi connectivity index (χ4v) is 2.58. The summed E-state index contributed by atoms with van der Waals surface area (Å²) in [6.07, 6.45) is 7.63. The molecule has 2 aliphatic carbocycles. The van der Waals surface area contributed by atoms with Crippen LogP contribution in [0.15, 0.2) is 0 Å². The molecule has 0 saturated heterocycles. The van der Waals surface area contributed by atoms with Gasteiger partial charge in [-0.15, -0.1) is 0 Å². The first-order chi connectivity index (χ1) is 6.27. The van der Waals surface area contributed by atoms with Gasteiger partial charge in [-0.3, -0.25) is 0 Å². The number of nitrogens with zero attached hydrogens (tertiary/aromatic N) is 1. The molecule has 2 nitrogen and oxygen atoms in total. The average molecular weight is 183 g/mol. The third kappa shape index (κ3) is 2.05. The van der Waals surface area contributed by atoms with E-state index in [1.54, 1.807) is 0 Å². The van der Waals surface area contributed by atoms with Gasteiger partial charge in [0, 0.05) is 12.6 Å². The number of hydrogen-bond acceptors (Lipinski definition) is 2. The van der Waals surface area contributed by atoms with Crippen LogP contribution in [0.2, 0.25) is 0 Å². The second-order valence-electron chi connectivity index (χ2n) is 4.78. The highest BCUT2D eigenvalue weighted by molar-refractivity contribution is 4.83. The third-order valence-electron chi connectivity index (χ3n) is 3.84. The van der Waals surface area contributed by atoms with E-state index in [9.17, 15) is 5.11 Å². The fourth-order valence-electron chi connectivity index (χ4n) is 2.58. The van der Waals surface area contributed by atoms with E-state index in [-0.39, 0.29) is 6.10 Å². The van der Waals surface area contributed by atoms with Gasteiger partial charge in [-0.2, -0.15) is 0 Å². The Labute approximate surface area is 80.9 Å². The van der Waals surface area contributed by atoms with Crippen LogP contribution in [0.1, 0.15) is 38.5 Å². The lowest BCUT2D eigenvalue weighted by atomic mass is 9.91. The number of aliphatic hydroxyl groups excluding tert-OH is 1. The van der Waals surface area contributed by atoms with E-state index < -0.39 is 0 Å². The Kier molecular flexibility index (Phi) is 2.89. The number of hydrogen-bond donors (Lipinski definition) is 1. The van der Waals surface area contributed by atoms with Gasteiger partial charge < -0.3 is 10.0 Å². The van der Waals surface area contributed by atoms with E-state index >= 15 is 0 Å². The highest BCUT2D eigenvalue weighted by Gasteiger charge is 2.29. The van der Waals surface area contributed by atoms with Gasteiger partial charge in [-0.25, -0.2) is 0 Å². The molecule has 2 aliphatic rings. The Morgan fingerprint density at radius 3 is 2.31 bits per heavy atom. The van der Waals surface area contributed by atoms with Gasteiger partial charge in [-0.05, 0) is 38.6 Å². The molecule has 13 heavy (non-hydrogen) atoms. The van der Waals surface area contributed by atoms with Gasteiger partial charge >= 0.3 is 0 Å². The highest BCUT2D eigenvalue weighted by Crippen LogP contribution is 2.29. The first kappa shape index (κ1) is 9.47. The molecule has 0 aromatic rings. The molecule has 2 fully saturated rings.